The summed E-state index contributed by atoms with van der Waals surface area (Å²) in [5.74, 6) is 0.109. The first-order chi connectivity index (χ1) is 12.1. The van der Waals surface area contributed by atoms with Gasteiger partial charge in [-0.15, -0.1) is 0 Å². The molecule has 0 spiro atoms. The van der Waals surface area contributed by atoms with E-state index < -0.39 is 5.97 Å². The number of rotatable bonds is 5. The van der Waals surface area contributed by atoms with Crippen LogP contribution in [0.4, 0.5) is 0 Å². The molecule has 0 atom stereocenters. The summed E-state index contributed by atoms with van der Waals surface area (Å²) in [6, 6.07) is 14.1. The van der Waals surface area contributed by atoms with Crippen molar-refractivity contribution < 1.29 is 19.4 Å². The monoisotopic (exact) mass is 334 g/mol. The number of carboxylic acids is 1. The second-order valence-electron chi connectivity index (χ2n) is 5.38. The lowest BCUT2D eigenvalue weighted by Crippen LogP contribution is -2.22. The molecule has 0 bridgehead atoms. The van der Waals surface area contributed by atoms with Crippen LogP contribution >= 0.6 is 0 Å². The number of hydrogen-bond acceptors (Lipinski definition) is 5. The summed E-state index contributed by atoms with van der Waals surface area (Å²) in [7, 11) is 3.17. The second-order valence-corrected chi connectivity index (χ2v) is 5.38. The molecule has 0 saturated heterocycles. The van der Waals surface area contributed by atoms with E-state index in [2.05, 4.69) is 4.98 Å². The Hall–Kier alpha value is -3.34. The molecule has 5 heteroatoms. The maximum atomic E-state index is 11.4. The van der Waals surface area contributed by atoms with Crippen molar-refractivity contribution in [1.82, 2.24) is 4.98 Å². The van der Waals surface area contributed by atoms with Crippen LogP contribution in [-0.2, 0) is 0 Å². The fourth-order valence-electron chi connectivity index (χ4n) is 2.56. The summed E-state index contributed by atoms with van der Waals surface area (Å²) in [6.07, 6.45) is 3.56. The van der Waals surface area contributed by atoms with Crippen LogP contribution in [-0.4, -0.2) is 25.2 Å². The van der Waals surface area contributed by atoms with E-state index in [1.807, 2.05) is 24.3 Å². The Morgan fingerprint density at radius 1 is 1.00 bits per heavy atom. The van der Waals surface area contributed by atoms with Crippen molar-refractivity contribution in [2.45, 2.75) is 0 Å². The third-order valence-electron chi connectivity index (χ3n) is 3.78. The van der Waals surface area contributed by atoms with Crippen molar-refractivity contribution in [2.24, 2.45) is 0 Å². The van der Waals surface area contributed by atoms with Gasteiger partial charge in [0.05, 0.1) is 31.4 Å². The van der Waals surface area contributed by atoms with Crippen LogP contribution in [0, 0.1) is 0 Å². The highest BCUT2D eigenvalue weighted by molar-refractivity contribution is 6.02. The Bertz CT molecular complexity index is 941. The number of methoxy groups -OCH3 is 2. The summed E-state index contributed by atoms with van der Waals surface area (Å²) < 4.78 is 10.5. The lowest BCUT2D eigenvalue weighted by molar-refractivity contribution is -0.254. The van der Waals surface area contributed by atoms with Crippen LogP contribution in [0.2, 0.25) is 0 Å². The van der Waals surface area contributed by atoms with E-state index in [1.165, 1.54) is 6.07 Å². The Balaban J connectivity index is 2.03. The van der Waals surface area contributed by atoms with Gasteiger partial charge in [-0.05, 0) is 35.9 Å². The third kappa shape index (κ3) is 3.61. The number of aromatic carboxylic acids is 1. The Morgan fingerprint density at radius 2 is 1.68 bits per heavy atom. The number of pyridine rings is 1. The number of ether oxygens (including phenoxy) is 2. The number of fused-ring (bicyclic) bond motifs is 1. The second kappa shape index (κ2) is 7.05. The molecule has 0 amide bonds. The van der Waals surface area contributed by atoms with Gasteiger partial charge < -0.3 is 19.4 Å². The molecule has 25 heavy (non-hydrogen) atoms. The van der Waals surface area contributed by atoms with Gasteiger partial charge in [0, 0.05) is 17.0 Å². The minimum absolute atomic E-state index is 0.119. The van der Waals surface area contributed by atoms with Gasteiger partial charge in [0.2, 0.25) is 0 Å². The van der Waals surface area contributed by atoms with Crippen molar-refractivity contribution in [3.8, 4) is 11.5 Å². The standard InChI is InChI=1S/C20H17NO4/c1-24-15-9-13(10-16(12-15)25-2)7-8-14-11-18(20(22)23)17-5-3-4-6-19(17)21-14/h3-12H,1-2H3,(H,22,23)/p-1/b8-7+. The Morgan fingerprint density at radius 3 is 2.32 bits per heavy atom. The van der Waals surface area contributed by atoms with E-state index >= 15 is 0 Å². The van der Waals surface area contributed by atoms with Crippen LogP contribution in [0.1, 0.15) is 21.6 Å². The highest BCUT2D eigenvalue weighted by atomic mass is 16.5. The van der Waals surface area contributed by atoms with Crippen LogP contribution in [0.25, 0.3) is 23.1 Å². The van der Waals surface area contributed by atoms with Gasteiger partial charge in [-0.1, -0.05) is 24.3 Å². The summed E-state index contributed by atoms with van der Waals surface area (Å²) in [4.78, 5) is 15.9. The minimum atomic E-state index is -1.23. The van der Waals surface area contributed by atoms with Crippen LogP contribution in [0.15, 0.2) is 48.5 Å². The highest BCUT2D eigenvalue weighted by Gasteiger charge is 2.05. The number of carboxylic acid groups (broad SMARTS) is 1. The fourth-order valence-corrected chi connectivity index (χ4v) is 2.56. The largest absolute Gasteiger partial charge is 0.545 e. The smallest absolute Gasteiger partial charge is 0.123 e. The molecule has 126 valence electrons. The van der Waals surface area contributed by atoms with Gasteiger partial charge in [-0.3, -0.25) is 0 Å². The average molecular weight is 334 g/mol. The lowest BCUT2D eigenvalue weighted by Gasteiger charge is -2.09. The molecule has 0 saturated carbocycles. The zero-order valence-electron chi connectivity index (χ0n) is 13.9. The molecule has 5 nitrogen and oxygen atoms in total. The van der Waals surface area contributed by atoms with Gasteiger partial charge in [0.1, 0.15) is 11.5 Å². The van der Waals surface area contributed by atoms with E-state index in [-0.39, 0.29) is 5.56 Å². The fraction of sp³-hybridized carbons (Fsp3) is 0.100. The molecule has 0 radical (unpaired) electrons. The van der Waals surface area contributed by atoms with Crippen LogP contribution < -0.4 is 14.6 Å². The van der Waals surface area contributed by atoms with Gasteiger partial charge >= 0.3 is 0 Å². The maximum absolute atomic E-state index is 11.4. The maximum Gasteiger partial charge on any atom is 0.123 e. The number of hydrogen-bond donors (Lipinski definition) is 0. The predicted molar refractivity (Wildman–Crippen MR) is 94.5 cm³/mol. The summed E-state index contributed by atoms with van der Waals surface area (Å²) >= 11 is 0. The number of benzene rings is 2. The highest BCUT2D eigenvalue weighted by Crippen LogP contribution is 2.24. The molecule has 1 heterocycles. The number of para-hydroxylation sites is 1. The average Bonchev–Trinajstić information content (AvgIpc) is 2.65. The molecule has 3 aromatic rings. The van der Waals surface area contributed by atoms with Gasteiger partial charge in [0.15, 0.2) is 0 Å². The quantitative estimate of drug-likeness (QED) is 0.717. The first-order valence-electron chi connectivity index (χ1n) is 7.63. The molecular weight excluding hydrogens is 318 g/mol. The molecule has 1 aromatic heterocycles. The van der Waals surface area contributed by atoms with Crippen molar-refractivity contribution >= 4 is 29.0 Å². The molecule has 0 aliphatic rings. The molecule has 2 aromatic carbocycles. The number of nitrogens with zero attached hydrogens (tertiary/aromatic N) is 1. The van der Waals surface area contributed by atoms with Crippen LogP contribution in [0.5, 0.6) is 11.5 Å². The number of carbonyl (C=O) groups excluding carboxylic acids is 1. The molecule has 0 unspecified atom stereocenters. The summed E-state index contributed by atoms with van der Waals surface area (Å²) in [5.41, 5.74) is 2.10. The molecule has 0 N–H and O–H groups in total. The first kappa shape index (κ1) is 16.5. The van der Waals surface area contributed by atoms with E-state index in [1.54, 1.807) is 44.6 Å². The zero-order chi connectivity index (χ0) is 17.8. The van der Waals surface area contributed by atoms with E-state index in [4.69, 9.17) is 9.47 Å². The van der Waals surface area contributed by atoms with E-state index in [9.17, 15) is 9.90 Å². The lowest BCUT2D eigenvalue weighted by atomic mass is 10.1. The van der Waals surface area contributed by atoms with Crippen molar-refractivity contribution in [3.63, 3.8) is 0 Å². The third-order valence-corrected chi connectivity index (χ3v) is 3.78. The van der Waals surface area contributed by atoms with E-state index in [0.29, 0.717) is 28.1 Å². The number of aromatic nitrogens is 1. The number of carbonyl (C=O) groups is 1. The molecule has 0 fully saturated rings. The van der Waals surface area contributed by atoms with Gasteiger partial charge in [0.25, 0.3) is 0 Å². The van der Waals surface area contributed by atoms with Gasteiger partial charge in [-0.2, -0.15) is 0 Å². The van der Waals surface area contributed by atoms with E-state index in [0.717, 1.165) is 5.56 Å². The molecule has 0 aliphatic carbocycles. The first-order valence-corrected chi connectivity index (χ1v) is 7.63. The van der Waals surface area contributed by atoms with Gasteiger partial charge in [-0.25, -0.2) is 4.98 Å². The summed E-state index contributed by atoms with van der Waals surface area (Å²) in [6.45, 7) is 0. The van der Waals surface area contributed by atoms with Crippen molar-refractivity contribution in [1.29, 1.82) is 0 Å². The molecule has 3 rings (SSSR count). The minimum Gasteiger partial charge on any atom is -0.545 e. The van der Waals surface area contributed by atoms with Crippen LogP contribution in [0.3, 0.4) is 0 Å². The molecular formula is C20H16NO4-. The summed E-state index contributed by atoms with van der Waals surface area (Å²) in [5, 5.41) is 12.0. The van der Waals surface area contributed by atoms with Crippen molar-refractivity contribution in [2.75, 3.05) is 14.2 Å². The normalized spacial score (nSPS) is 11.0. The molecule has 0 aliphatic heterocycles. The zero-order valence-corrected chi connectivity index (χ0v) is 13.9. The SMILES string of the molecule is COc1cc(/C=C/c2cc(C(=O)[O-])c3ccccc3n2)cc(OC)c1. The Kier molecular flexibility index (Phi) is 4.66. The topological polar surface area (TPSA) is 71.5 Å². The predicted octanol–water partition coefficient (Wildman–Crippen LogP) is 2.79. The van der Waals surface area contributed by atoms with Crippen molar-refractivity contribution in [3.05, 3.63) is 65.4 Å². The Labute approximate surface area is 145 Å².